The summed E-state index contributed by atoms with van der Waals surface area (Å²) < 4.78 is 0. The summed E-state index contributed by atoms with van der Waals surface area (Å²) in [6.07, 6.45) is 21.9. The second kappa shape index (κ2) is 9.64. The van der Waals surface area contributed by atoms with E-state index in [2.05, 4.69) is 50.3 Å². The van der Waals surface area contributed by atoms with Gasteiger partial charge < -0.3 is 0 Å². The van der Waals surface area contributed by atoms with Crippen molar-refractivity contribution < 1.29 is 0 Å². The molecule has 0 spiro atoms. The minimum absolute atomic E-state index is 0.827. The van der Waals surface area contributed by atoms with Gasteiger partial charge in [-0.25, -0.2) is 0 Å². The van der Waals surface area contributed by atoms with Crippen LogP contribution in [-0.4, -0.2) is 0 Å². The first kappa shape index (κ1) is 20.2. The fourth-order valence-electron chi connectivity index (χ4n) is 6.89. The molecular weight excluding hydrogens is 336 g/mol. The van der Waals surface area contributed by atoms with Crippen LogP contribution in [0.3, 0.4) is 0 Å². The van der Waals surface area contributed by atoms with E-state index in [0.717, 1.165) is 35.5 Å². The average Bonchev–Trinajstić information content (AvgIpc) is 2.74. The van der Waals surface area contributed by atoms with E-state index in [0.29, 0.717) is 0 Å². The average molecular weight is 379 g/mol. The molecule has 0 heteroatoms. The van der Waals surface area contributed by atoms with E-state index in [9.17, 15) is 0 Å². The van der Waals surface area contributed by atoms with Gasteiger partial charge in [0.25, 0.3) is 0 Å². The second-order valence-electron chi connectivity index (χ2n) is 10.5. The topological polar surface area (TPSA) is 0 Å². The summed E-state index contributed by atoms with van der Waals surface area (Å²) in [7, 11) is 0. The van der Waals surface area contributed by atoms with Crippen LogP contribution < -0.4 is 0 Å². The smallest absolute Gasteiger partial charge is 0.0162 e. The Morgan fingerprint density at radius 1 is 0.750 bits per heavy atom. The van der Waals surface area contributed by atoms with Crippen LogP contribution in [0, 0.1) is 29.6 Å². The summed E-state index contributed by atoms with van der Waals surface area (Å²) >= 11 is 0. The number of fused-ring (bicyclic) bond motifs is 1. The van der Waals surface area contributed by atoms with Gasteiger partial charge in [-0.1, -0.05) is 49.8 Å². The predicted molar refractivity (Wildman–Crippen MR) is 122 cm³/mol. The number of hydrogen-bond acceptors (Lipinski definition) is 0. The molecule has 0 radical (unpaired) electrons. The highest BCUT2D eigenvalue weighted by Gasteiger charge is 2.38. The van der Waals surface area contributed by atoms with Crippen molar-refractivity contribution in [3.8, 4) is 0 Å². The Hall–Kier alpha value is -1.04. The number of rotatable bonds is 5. The van der Waals surface area contributed by atoms with Crippen LogP contribution >= 0.6 is 0 Å². The standard InChI is InChI=1S/C28H42/c1-3-4-5-6-22-8-11-23(12-9-22)24-13-15-25(16-14-24)27-18-17-26-19-21(2)7-10-28(26)20-27/h3-4,8-9,11-12,21,24-28H,5-7,10,13-20H2,1-2H3/b4-3+. The van der Waals surface area contributed by atoms with Gasteiger partial charge in [-0.05, 0) is 124 Å². The highest BCUT2D eigenvalue weighted by atomic mass is 14.4. The van der Waals surface area contributed by atoms with Crippen molar-refractivity contribution in [1.29, 1.82) is 0 Å². The van der Waals surface area contributed by atoms with E-state index in [-0.39, 0.29) is 0 Å². The first-order chi connectivity index (χ1) is 13.7. The van der Waals surface area contributed by atoms with Crippen molar-refractivity contribution in [2.75, 3.05) is 0 Å². The monoisotopic (exact) mass is 378 g/mol. The van der Waals surface area contributed by atoms with E-state index in [4.69, 9.17) is 0 Å². The Bertz CT molecular complexity index is 616. The summed E-state index contributed by atoms with van der Waals surface area (Å²) in [6.45, 7) is 4.60. The largest absolute Gasteiger partial charge is 0.0917 e. The molecule has 28 heavy (non-hydrogen) atoms. The van der Waals surface area contributed by atoms with Crippen LogP contribution in [-0.2, 0) is 6.42 Å². The summed E-state index contributed by atoms with van der Waals surface area (Å²) in [4.78, 5) is 0. The summed E-state index contributed by atoms with van der Waals surface area (Å²) in [5.41, 5.74) is 3.10. The van der Waals surface area contributed by atoms with Gasteiger partial charge in [0.15, 0.2) is 0 Å². The SMILES string of the molecule is C/C=C/CCc1ccc(C2CCC(C3CCC4CC(C)CCC4C3)CC2)cc1. The second-order valence-corrected chi connectivity index (χ2v) is 10.5. The first-order valence-corrected chi connectivity index (χ1v) is 12.4. The third-order valence-electron chi connectivity index (χ3n) is 8.64. The number of benzene rings is 1. The van der Waals surface area contributed by atoms with Gasteiger partial charge in [-0.2, -0.15) is 0 Å². The minimum atomic E-state index is 0.827. The zero-order chi connectivity index (χ0) is 19.3. The van der Waals surface area contributed by atoms with Gasteiger partial charge in [0, 0.05) is 0 Å². The number of hydrogen-bond donors (Lipinski definition) is 0. The lowest BCUT2D eigenvalue weighted by Crippen LogP contribution is -2.34. The molecule has 154 valence electrons. The molecule has 3 aliphatic rings. The highest BCUT2D eigenvalue weighted by Crippen LogP contribution is 2.49. The van der Waals surface area contributed by atoms with E-state index >= 15 is 0 Å². The minimum Gasteiger partial charge on any atom is -0.0917 e. The van der Waals surface area contributed by atoms with E-state index in [1.54, 1.807) is 24.8 Å². The molecule has 4 unspecified atom stereocenters. The lowest BCUT2D eigenvalue weighted by molar-refractivity contribution is 0.0672. The Balaban J connectivity index is 1.25. The third-order valence-corrected chi connectivity index (χ3v) is 8.64. The van der Waals surface area contributed by atoms with Gasteiger partial charge in [0.2, 0.25) is 0 Å². The predicted octanol–water partition coefficient (Wildman–Crippen LogP) is 8.32. The molecule has 0 nitrogen and oxygen atoms in total. The number of aryl methyl sites for hydroxylation is 1. The van der Waals surface area contributed by atoms with E-state index in [1.807, 2.05) is 0 Å². The molecule has 3 saturated carbocycles. The Labute approximate surface area is 174 Å². The molecule has 4 rings (SSSR count). The van der Waals surface area contributed by atoms with Gasteiger partial charge in [0.1, 0.15) is 0 Å². The van der Waals surface area contributed by atoms with Crippen molar-refractivity contribution in [3.05, 3.63) is 47.5 Å². The third kappa shape index (κ3) is 4.92. The van der Waals surface area contributed by atoms with Crippen molar-refractivity contribution in [2.24, 2.45) is 29.6 Å². The summed E-state index contributed by atoms with van der Waals surface area (Å²) in [6, 6.07) is 9.64. The van der Waals surface area contributed by atoms with Crippen LogP contribution in [0.4, 0.5) is 0 Å². The zero-order valence-electron chi connectivity index (χ0n) is 18.4. The van der Waals surface area contributed by atoms with E-state index in [1.165, 1.54) is 63.4 Å². The molecule has 0 heterocycles. The fourth-order valence-corrected chi connectivity index (χ4v) is 6.89. The maximum Gasteiger partial charge on any atom is -0.0162 e. The van der Waals surface area contributed by atoms with Crippen molar-refractivity contribution in [3.63, 3.8) is 0 Å². The maximum atomic E-state index is 2.48. The molecule has 0 amide bonds. The Morgan fingerprint density at radius 3 is 2.07 bits per heavy atom. The normalized spacial score (nSPS) is 36.4. The molecule has 3 fully saturated rings. The quantitative estimate of drug-likeness (QED) is 0.452. The Morgan fingerprint density at radius 2 is 1.36 bits per heavy atom. The maximum absolute atomic E-state index is 2.48. The van der Waals surface area contributed by atoms with Crippen molar-refractivity contribution >= 4 is 0 Å². The highest BCUT2D eigenvalue weighted by molar-refractivity contribution is 5.26. The van der Waals surface area contributed by atoms with Crippen molar-refractivity contribution in [1.82, 2.24) is 0 Å². The van der Waals surface area contributed by atoms with Gasteiger partial charge in [-0.15, -0.1) is 0 Å². The molecular formula is C28H42. The molecule has 0 bridgehead atoms. The number of allylic oxidation sites excluding steroid dienone is 2. The van der Waals surface area contributed by atoms with Crippen LogP contribution in [0.5, 0.6) is 0 Å². The molecule has 4 atom stereocenters. The van der Waals surface area contributed by atoms with Gasteiger partial charge >= 0.3 is 0 Å². The fraction of sp³-hybridized carbons (Fsp3) is 0.714. The van der Waals surface area contributed by atoms with Gasteiger partial charge in [0.05, 0.1) is 0 Å². The van der Waals surface area contributed by atoms with Crippen LogP contribution in [0.1, 0.15) is 102 Å². The van der Waals surface area contributed by atoms with E-state index < -0.39 is 0 Å². The van der Waals surface area contributed by atoms with Crippen molar-refractivity contribution in [2.45, 2.75) is 96.8 Å². The van der Waals surface area contributed by atoms with Crippen LogP contribution in [0.25, 0.3) is 0 Å². The Kier molecular flexibility index (Phi) is 6.97. The molecule has 0 aliphatic heterocycles. The molecule has 0 saturated heterocycles. The molecule has 3 aliphatic carbocycles. The molecule has 0 N–H and O–H groups in total. The molecule has 1 aromatic carbocycles. The van der Waals surface area contributed by atoms with Gasteiger partial charge in [-0.3, -0.25) is 0 Å². The first-order valence-electron chi connectivity index (χ1n) is 12.4. The molecule has 0 aromatic heterocycles. The summed E-state index contributed by atoms with van der Waals surface area (Å²) in [5.74, 6) is 6.10. The lowest BCUT2D eigenvalue weighted by atomic mass is 9.61. The zero-order valence-corrected chi connectivity index (χ0v) is 18.4. The lowest BCUT2D eigenvalue weighted by Gasteiger charge is -2.45. The molecule has 1 aromatic rings. The van der Waals surface area contributed by atoms with Crippen LogP contribution in [0.2, 0.25) is 0 Å². The van der Waals surface area contributed by atoms with Crippen LogP contribution in [0.15, 0.2) is 36.4 Å². The summed E-state index contributed by atoms with van der Waals surface area (Å²) in [5, 5.41) is 0.